The Hall–Kier alpha value is -2.20. The lowest BCUT2D eigenvalue weighted by Gasteiger charge is -2.23. The molecule has 0 aliphatic heterocycles. The molecule has 0 saturated heterocycles. The van der Waals surface area contributed by atoms with Crippen LogP contribution in [0.25, 0.3) is 0 Å². The third-order valence-corrected chi connectivity index (χ3v) is 3.77. The van der Waals surface area contributed by atoms with Gasteiger partial charge in [-0.2, -0.15) is 0 Å². The van der Waals surface area contributed by atoms with Gasteiger partial charge in [-0.1, -0.05) is 18.2 Å². The summed E-state index contributed by atoms with van der Waals surface area (Å²) in [4.78, 5) is 19.0. The highest BCUT2D eigenvalue weighted by atomic mass is 16.5. The second-order valence-electron chi connectivity index (χ2n) is 5.29. The van der Waals surface area contributed by atoms with Gasteiger partial charge in [0.15, 0.2) is 0 Å². The van der Waals surface area contributed by atoms with Crippen LogP contribution in [0.2, 0.25) is 0 Å². The van der Waals surface area contributed by atoms with Crippen molar-refractivity contribution in [1.82, 2.24) is 9.88 Å². The number of ether oxygens (including phenoxy) is 1. The summed E-state index contributed by atoms with van der Waals surface area (Å²) >= 11 is 0. The van der Waals surface area contributed by atoms with Gasteiger partial charge in [-0.05, 0) is 43.2 Å². The van der Waals surface area contributed by atoms with E-state index in [1.807, 2.05) is 50.2 Å². The van der Waals surface area contributed by atoms with Crippen LogP contribution < -0.4 is 0 Å². The molecule has 1 heterocycles. The number of benzene rings is 1. The van der Waals surface area contributed by atoms with E-state index in [1.54, 1.807) is 18.2 Å². The fraction of sp³-hybridized carbons (Fsp3) is 0.333. The standard InChI is InChI=1S/C18H22N2O2/c1-14-7-6-9-17(15(14)2)18(21)20(11-12-22-3)13-16-8-4-5-10-19-16/h4-10H,11-13H2,1-3H3. The van der Waals surface area contributed by atoms with Crippen LogP contribution in [-0.2, 0) is 11.3 Å². The van der Waals surface area contributed by atoms with Gasteiger partial charge >= 0.3 is 0 Å². The maximum absolute atomic E-state index is 12.9. The molecule has 0 radical (unpaired) electrons. The monoisotopic (exact) mass is 298 g/mol. The summed E-state index contributed by atoms with van der Waals surface area (Å²) in [5.74, 6) is 0.0175. The number of aryl methyl sites for hydroxylation is 1. The number of nitrogens with zero attached hydrogens (tertiary/aromatic N) is 2. The molecule has 1 amide bonds. The molecule has 22 heavy (non-hydrogen) atoms. The molecule has 4 heteroatoms. The normalized spacial score (nSPS) is 10.5. The van der Waals surface area contributed by atoms with Crippen molar-refractivity contribution in [1.29, 1.82) is 0 Å². The fourth-order valence-corrected chi connectivity index (χ4v) is 2.29. The molecule has 0 spiro atoms. The van der Waals surface area contributed by atoms with Gasteiger partial charge in [0, 0.05) is 25.4 Å². The molecular weight excluding hydrogens is 276 g/mol. The predicted octanol–water partition coefficient (Wildman–Crippen LogP) is 2.99. The van der Waals surface area contributed by atoms with Gasteiger partial charge in [0.2, 0.25) is 0 Å². The lowest BCUT2D eigenvalue weighted by atomic mass is 10.0. The molecule has 0 saturated carbocycles. The van der Waals surface area contributed by atoms with E-state index in [1.165, 1.54) is 0 Å². The molecule has 0 unspecified atom stereocenters. The van der Waals surface area contributed by atoms with Crippen molar-refractivity contribution < 1.29 is 9.53 Å². The average Bonchev–Trinajstić information content (AvgIpc) is 2.54. The minimum absolute atomic E-state index is 0.0175. The lowest BCUT2D eigenvalue weighted by molar-refractivity contribution is 0.0677. The largest absolute Gasteiger partial charge is 0.383 e. The van der Waals surface area contributed by atoms with Crippen LogP contribution in [0.3, 0.4) is 0 Å². The number of amides is 1. The molecule has 0 atom stereocenters. The quantitative estimate of drug-likeness (QED) is 0.823. The number of hydrogen-bond donors (Lipinski definition) is 0. The number of carbonyl (C=O) groups is 1. The van der Waals surface area contributed by atoms with E-state index in [-0.39, 0.29) is 5.91 Å². The molecule has 0 aliphatic rings. The number of rotatable bonds is 6. The smallest absolute Gasteiger partial charge is 0.254 e. The average molecular weight is 298 g/mol. The molecule has 2 aromatic rings. The molecule has 2 rings (SSSR count). The second kappa shape index (κ2) is 7.71. The predicted molar refractivity (Wildman–Crippen MR) is 86.8 cm³/mol. The van der Waals surface area contributed by atoms with Gasteiger partial charge < -0.3 is 9.64 Å². The maximum atomic E-state index is 12.9. The van der Waals surface area contributed by atoms with Crippen LogP contribution in [0.4, 0.5) is 0 Å². The van der Waals surface area contributed by atoms with Gasteiger partial charge in [0.25, 0.3) is 5.91 Å². The first-order chi connectivity index (χ1) is 10.6. The molecule has 0 bridgehead atoms. The molecule has 1 aromatic carbocycles. The molecular formula is C18H22N2O2. The summed E-state index contributed by atoms with van der Waals surface area (Å²) in [6.45, 7) is 5.53. The first-order valence-corrected chi connectivity index (χ1v) is 7.38. The Bertz CT molecular complexity index is 626. The summed E-state index contributed by atoms with van der Waals surface area (Å²) in [5, 5.41) is 0. The first kappa shape index (κ1) is 16.2. The van der Waals surface area contributed by atoms with E-state index >= 15 is 0 Å². The molecule has 0 N–H and O–H groups in total. The van der Waals surface area contributed by atoms with Gasteiger partial charge in [0.05, 0.1) is 18.8 Å². The Balaban J connectivity index is 2.24. The van der Waals surface area contributed by atoms with E-state index < -0.39 is 0 Å². The fourth-order valence-electron chi connectivity index (χ4n) is 2.29. The second-order valence-corrected chi connectivity index (χ2v) is 5.29. The number of hydrogen-bond acceptors (Lipinski definition) is 3. The van der Waals surface area contributed by atoms with Gasteiger partial charge in [0.1, 0.15) is 0 Å². The number of carbonyl (C=O) groups excluding carboxylic acids is 1. The summed E-state index contributed by atoms with van der Waals surface area (Å²) < 4.78 is 5.14. The highest BCUT2D eigenvalue weighted by molar-refractivity contribution is 5.95. The van der Waals surface area contributed by atoms with Crippen LogP contribution in [0, 0.1) is 13.8 Å². The van der Waals surface area contributed by atoms with Crippen molar-refractivity contribution in [2.45, 2.75) is 20.4 Å². The summed E-state index contributed by atoms with van der Waals surface area (Å²) in [5.41, 5.74) is 3.76. The van der Waals surface area contributed by atoms with Crippen LogP contribution in [0.15, 0.2) is 42.6 Å². The van der Waals surface area contributed by atoms with Crippen LogP contribution in [0.5, 0.6) is 0 Å². The van der Waals surface area contributed by atoms with E-state index in [9.17, 15) is 4.79 Å². The van der Waals surface area contributed by atoms with Crippen LogP contribution in [-0.4, -0.2) is 36.1 Å². The SMILES string of the molecule is COCCN(Cc1ccccn1)C(=O)c1cccc(C)c1C. The molecule has 116 valence electrons. The summed E-state index contributed by atoms with van der Waals surface area (Å²) in [6.07, 6.45) is 1.74. The zero-order chi connectivity index (χ0) is 15.9. The number of methoxy groups -OCH3 is 1. The van der Waals surface area contributed by atoms with Gasteiger partial charge in [-0.3, -0.25) is 9.78 Å². The Kier molecular flexibility index (Phi) is 5.67. The van der Waals surface area contributed by atoms with Crippen molar-refractivity contribution in [3.05, 3.63) is 65.0 Å². The van der Waals surface area contributed by atoms with E-state index in [4.69, 9.17) is 4.74 Å². The van der Waals surface area contributed by atoms with Crippen LogP contribution in [0.1, 0.15) is 27.2 Å². The summed E-state index contributed by atoms with van der Waals surface area (Å²) in [6, 6.07) is 11.5. The Labute approximate surface area is 131 Å². The zero-order valence-electron chi connectivity index (χ0n) is 13.4. The minimum Gasteiger partial charge on any atom is -0.383 e. The maximum Gasteiger partial charge on any atom is 0.254 e. The molecule has 1 aromatic heterocycles. The Morgan fingerprint density at radius 1 is 1.18 bits per heavy atom. The van der Waals surface area contributed by atoms with Crippen LogP contribution >= 0.6 is 0 Å². The molecule has 0 fully saturated rings. The molecule has 4 nitrogen and oxygen atoms in total. The molecule has 0 aliphatic carbocycles. The number of pyridine rings is 1. The van der Waals surface area contributed by atoms with Crippen molar-refractivity contribution >= 4 is 5.91 Å². The van der Waals surface area contributed by atoms with Gasteiger partial charge in [-0.25, -0.2) is 0 Å². The third-order valence-electron chi connectivity index (χ3n) is 3.77. The highest BCUT2D eigenvalue weighted by Crippen LogP contribution is 2.16. The Morgan fingerprint density at radius 2 is 2.00 bits per heavy atom. The van der Waals surface area contributed by atoms with Crippen molar-refractivity contribution in [2.75, 3.05) is 20.3 Å². The van der Waals surface area contributed by atoms with Gasteiger partial charge in [-0.15, -0.1) is 0 Å². The Morgan fingerprint density at radius 3 is 2.68 bits per heavy atom. The summed E-state index contributed by atoms with van der Waals surface area (Å²) in [7, 11) is 1.64. The van der Waals surface area contributed by atoms with Crippen molar-refractivity contribution in [3.63, 3.8) is 0 Å². The first-order valence-electron chi connectivity index (χ1n) is 7.38. The lowest BCUT2D eigenvalue weighted by Crippen LogP contribution is -2.34. The topological polar surface area (TPSA) is 42.4 Å². The zero-order valence-corrected chi connectivity index (χ0v) is 13.4. The van der Waals surface area contributed by atoms with Crippen molar-refractivity contribution in [2.24, 2.45) is 0 Å². The minimum atomic E-state index is 0.0175. The van der Waals surface area contributed by atoms with E-state index in [0.29, 0.717) is 19.7 Å². The van der Waals surface area contributed by atoms with E-state index in [2.05, 4.69) is 4.98 Å². The van der Waals surface area contributed by atoms with Crippen molar-refractivity contribution in [3.8, 4) is 0 Å². The highest BCUT2D eigenvalue weighted by Gasteiger charge is 2.18. The number of aromatic nitrogens is 1. The van der Waals surface area contributed by atoms with E-state index in [0.717, 1.165) is 22.4 Å². The third kappa shape index (κ3) is 3.92.